The van der Waals surface area contributed by atoms with Crippen LogP contribution in [-0.4, -0.2) is 19.5 Å². The minimum atomic E-state index is -1.15. The summed E-state index contributed by atoms with van der Waals surface area (Å²) in [6, 6.07) is 0. The first-order chi connectivity index (χ1) is 6.24. The first-order valence-electron chi connectivity index (χ1n) is 3.46. The van der Waals surface area contributed by atoms with Crippen molar-refractivity contribution in [3.63, 3.8) is 0 Å². The highest BCUT2D eigenvalue weighted by Crippen LogP contribution is 1.94. The summed E-state index contributed by atoms with van der Waals surface area (Å²) in [7, 11) is 0. The Kier molecular flexibility index (Phi) is 1.51. The molecule has 2 aromatic rings. The van der Waals surface area contributed by atoms with E-state index in [1.807, 2.05) is 0 Å². The summed E-state index contributed by atoms with van der Waals surface area (Å²) in [4.78, 5) is 30.7. The number of fused-ring (bicyclic) bond motifs is 1. The maximum absolute atomic E-state index is 12.2. The van der Waals surface area contributed by atoms with Gasteiger partial charge in [0.2, 0.25) is 0 Å². The maximum atomic E-state index is 12.2. The van der Waals surface area contributed by atoms with Crippen LogP contribution in [-0.2, 0) is 6.80 Å². The highest BCUT2D eigenvalue weighted by molar-refractivity contribution is 5.67. The van der Waals surface area contributed by atoms with Crippen LogP contribution in [0.15, 0.2) is 15.9 Å². The number of imidazole rings is 1. The molecule has 0 amide bonds. The average Bonchev–Trinajstić information content (AvgIpc) is 2.53. The third-order valence-corrected chi connectivity index (χ3v) is 1.69. The second-order valence-corrected chi connectivity index (χ2v) is 2.41. The molecule has 68 valence electrons. The van der Waals surface area contributed by atoms with Crippen molar-refractivity contribution in [2.45, 2.75) is 6.80 Å². The fourth-order valence-corrected chi connectivity index (χ4v) is 1.06. The number of H-pyrrole nitrogens is 2. The molecule has 0 bridgehead atoms. The fraction of sp³-hybridized carbons (Fsp3) is 0.167. The number of aromatic nitrogens is 4. The van der Waals surface area contributed by atoms with Crippen LogP contribution in [0.25, 0.3) is 11.2 Å². The summed E-state index contributed by atoms with van der Waals surface area (Å²) in [5, 5.41) is 0. The number of halogens is 1. The fourth-order valence-electron chi connectivity index (χ4n) is 1.06. The van der Waals surface area contributed by atoms with E-state index in [4.69, 9.17) is 0 Å². The first-order valence-corrected chi connectivity index (χ1v) is 3.46. The summed E-state index contributed by atoms with van der Waals surface area (Å²) in [6.45, 7) is -1.15. The van der Waals surface area contributed by atoms with Crippen molar-refractivity contribution < 1.29 is 4.39 Å². The average molecular weight is 184 g/mol. The van der Waals surface area contributed by atoms with Gasteiger partial charge in [0, 0.05) is 0 Å². The van der Waals surface area contributed by atoms with Gasteiger partial charge in [-0.25, -0.2) is 18.7 Å². The minimum absolute atomic E-state index is 0.0947. The molecular formula is C6H5FN4O2. The van der Waals surface area contributed by atoms with Crippen molar-refractivity contribution in [3.05, 3.63) is 27.2 Å². The number of aromatic amines is 2. The predicted molar refractivity (Wildman–Crippen MR) is 42.1 cm³/mol. The molecule has 6 nitrogen and oxygen atoms in total. The molecule has 0 saturated carbocycles. The molecule has 0 aromatic carbocycles. The molecule has 0 atom stereocenters. The van der Waals surface area contributed by atoms with Crippen LogP contribution >= 0.6 is 0 Å². The Hall–Kier alpha value is -1.92. The van der Waals surface area contributed by atoms with Gasteiger partial charge >= 0.3 is 5.69 Å². The number of alkyl halides is 1. The molecule has 2 aromatic heterocycles. The van der Waals surface area contributed by atoms with Gasteiger partial charge in [-0.05, 0) is 0 Å². The monoisotopic (exact) mass is 184 g/mol. The smallest absolute Gasteiger partial charge is 0.332 e. The summed E-state index contributed by atoms with van der Waals surface area (Å²) in [6.07, 6.45) is 1.25. The molecule has 2 rings (SSSR count). The summed E-state index contributed by atoms with van der Waals surface area (Å²) < 4.78 is 12.6. The van der Waals surface area contributed by atoms with Crippen molar-refractivity contribution in [3.8, 4) is 0 Å². The molecule has 0 aliphatic heterocycles. The Morgan fingerprint density at radius 1 is 1.54 bits per heavy atom. The topological polar surface area (TPSA) is 83.5 Å². The van der Waals surface area contributed by atoms with Gasteiger partial charge in [0.15, 0.2) is 12.4 Å². The van der Waals surface area contributed by atoms with E-state index < -0.39 is 18.0 Å². The van der Waals surface area contributed by atoms with Crippen molar-refractivity contribution in [1.82, 2.24) is 19.5 Å². The predicted octanol–water partition coefficient (Wildman–Crippen LogP) is -0.660. The van der Waals surface area contributed by atoms with Gasteiger partial charge in [0.25, 0.3) is 5.56 Å². The molecule has 0 saturated heterocycles. The van der Waals surface area contributed by atoms with Crippen molar-refractivity contribution >= 4 is 11.2 Å². The number of hydrogen-bond acceptors (Lipinski definition) is 3. The number of hydrogen-bond donors (Lipinski definition) is 2. The Morgan fingerprint density at radius 2 is 2.31 bits per heavy atom. The van der Waals surface area contributed by atoms with Crippen LogP contribution in [0.3, 0.4) is 0 Å². The highest BCUT2D eigenvalue weighted by Gasteiger charge is 2.07. The SMILES string of the molecule is O=c1[nH]c2nc[nH]c2c(=O)n1CF. The van der Waals surface area contributed by atoms with E-state index in [9.17, 15) is 14.0 Å². The summed E-state index contributed by atoms with van der Waals surface area (Å²) in [5.41, 5.74) is -1.28. The standard InChI is InChI=1S/C6H5FN4O2/c7-1-11-5(12)3-4(9-2-8-3)10-6(11)13/h2H,1H2,(H,8,9)(H,10,13). The quantitative estimate of drug-likeness (QED) is 0.617. The molecule has 0 aliphatic rings. The van der Waals surface area contributed by atoms with Crippen LogP contribution in [0.2, 0.25) is 0 Å². The Morgan fingerprint density at radius 3 is 3.00 bits per heavy atom. The third-order valence-electron chi connectivity index (χ3n) is 1.69. The van der Waals surface area contributed by atoms with E-state index in [2.05, 4.69) is 15.0 Å². The summed E-state index contributed by atoms with van der Waals surface area (Å²) >= 11 is 0. The first kappa shape index (κ1) is 7.71. The molecule has 2 heterocycles. The molecule has 13 heavy (non-hydrogen) atoms. The maximum Gasteiger partial charge on any atom is 0.332 e. The Labute approximate surface area is 70.0 Å². The number of nitrogens with one attached hydrogen (secondary N) is 2. The van der Waals surface area contributed by atoms with E-state index in [0.717, 1.165) is 0 Å². The van der Waals surface area contributed by atoms with E-state index in [1.165, 1.54) is 6.33 Å². The lowest BCUT2D eigenvalue weighted by molar-refractivity contribution is 0.359. The van der Waals surface area contributed by atoms with Crippen LogP contribution in [0.4, 0.5) is 4.39 Å². The van der Waals surface area contributed by atoms with E-state index >= 15 is 0 Å². The zero-order chi connectivity index (χ0) is 9.42. The lowest BCUT2D eigenvalue weighted by Gasteiger charge is -1.95. The molecule has 0 radical (unpaired) electrons. The van der Waals surface area contributed by atoms with Crippen molar-refractivity contribution in [2.75, 3.05) is 0 Å². The molecule has 2 N–H and O–H groups in total. The summed E-state index contributed by atoms with van der Waals surface area (Å²) in [5.74, 6) is 0. The normalized spacial score (nSPS) is 10.8. The van der Waals surface area contributed by atoms with Gasteiger partial charge in [0.05, 0.1) is 6.33 Å². The van der Waals surface area contributed by atoms with Crippen molar-refractivity contribution in [1.29, 1.82) is 0 Å². The van der Waals surface area contributed by atoms with Crippen LogP contribution in [0, 0.1) is 0 Å². The second-order valence-electron chi connectivity index (χ2n) is 2.41. The molecular weight excluding hydrogens is 179 g/mol. The minimum Gasteiger partial charge on any atom is -0.339 e. The van der Waals surface area contributed by atoms with Gasteiger partial charge < -0.3 is 4.98 Å². The number of rotatable bonds is 1. The number of nitrogens with zero attached hydrogens (tertiary/aromatic N) is 2. The van der Waals surface area contributed by atoms with Gasteiger partial charge in [-0.3, -0.25) is 9.78 Å². The van der Waals surface area contributed by atoms with Gasteiger partial charge in [-0.1, -0.05) is 0 Å². The van der Waals surface area contributed by atoms with E-state index in [1.54, 1.807) is 0 Å². The largest absolute Gasteiger partial charge is 0.339 e. The Balaban J connectivity index is 3.02. The van der Waals surface area contributed by atoms with Gasteiger partial charge in [0.1, 0.15) is 5.52 Å². The van der Waals surface area contributed by atoms with E-state index in [0.29, 0.717) is 4.57 Å². The van der Waals surface area contributed by atoms with E-state index in [-0.39, 0.29) is 11.2 Å². The molecule has 0 fully saturated rings. The zero-order valence-corrected chi connectivity index (χ0v) is 6.37. The zero-order valence-electron chi connectivity index (χ0n) is 6.37. The molecule has 0 aliphatic carbocycles. The van der Waals surface area contributed by atoms with Crippen LogP contribution < -0.4 is 11.2 Å². The molecule has 7 heteroatoms. The van der Waals surface area contributed by atoms with Crippen LogP contribution in [0.1, 0.15) is 0 Å². The third kappa shape index (κ3) is 0.968. The van der Waals surface area contributed by atoms with Gasteiger partial charge in [-0.2, -0.15) is 0 Å². The Bertz CT molecular complexity index is 551. The molecule has 0 unspecified atom stereocenters. The highest BCUT2D eigenvalue weighted by atomic mass is 19.1. The van der Waals surface area contributed by atoms with Crippen LogP contribution in [0.5, 0.6) is 0 Å². The van der Waals surface area contributed by atoms with Gasteiger partial charge in [-0.15, -0.1) is 0 Å². The second kappa shape index (κ2) is 2.54. The lowest BCUT2D eigenvalue weighted by Crippen LogP contribution is -2.34. The lowest BCUT2D eigenvalue weighted by atomic mass is 10.5. The molecule has 0 spiro atoms. The van der Waals surface area contributed by atoms with Crippen molar-refractivity contribution in [2.24, 2.45) is 0 Å².